The van der Waals surface area contributed by atoms with Crippen molar-refractivity contribution in [3.63, 3.8) is 0 Å². The maximum atomic E-state index is 14.6. The second-order valence-corrected chi connectivity index (χ2v) is 16.7. The number of rotatable bonds is 10. The van der Waals surface area contributed by atoms with Crippen LogP contribution in [0.15, 0.2) is 42.7 Å². The highest BCUT2D eigenvalue weighted by molar-refractivity contribution is 7.90. The van der Waals surface area contributed by atoms with E-state index in [4.69, 9.17) is 11.6 Å². The van der Waals surface area contributed by atoms with Crippen LogP contribution in [0.4, 0.5) is 21.7 Å². The van der Waals surface area contributed by atoms with E-state index >= 15 is 0 Å². The van der Waals surface area contributed by atoms with E-state index in [1.165, 1.54) is 24.2 Å². The average Bonchev–Trinajstić information content (AvgIpc) is 3.87. The molecule has 2 aromatic carbocycles. The molecule has 3 aliphatic heterocycles. The van der Waals surface area contributed by atoms with Crippen LogP contribution in [0, 0.1) is 30.0 Å². The van der Waals surface area contributed by atoms with Crippen LogP contribution in [-0.2, 0) is 30.2 Å². The van der Waals surface area contributed by atoms with Gasteiger partial charge in [0.05, 0.1) is 17.3 Å². The minimum atomic E-state index is -3.26. The number of aromatic nitrogens is 3. The number of aryl methyl sites for hydroxylation is 2. The van der Waals surface area contributed by atoms with E-state index in [0.29, 0.717) is 66.7 Å². The minimum Gasteiger partial charge on any atom is -0.353 e. The molecule has 266 valence electrons. The molecule has 14 heteroatoms. The summed E-state index contributed by atoms with van der Waals surface area (Å²) in [6.07, 6.45) is 4.08. The van der Waals surface area contributed by atoms with Crippen molar-refractivity contribution in [2.24, 2.45) is 13.0 Å². The number of sulfonamides is 1. The number of piperidine rings is 1. The van der Waals surface area contributed by atoms with Crippen LogP contribution in [0.3, 0.4) is 0 Å². The smallest absolute Gasteiger partial charge is 0.214 e. The SMILES string of the molecule is CNS(=O)(=O)C1CCN(C(C)Cn2c(C#N)cc3c(C)c(CN4CCC5CN(c6c(Nc7ccc(Cl)cc7F)ncn6C)CC54)ccc32)CC1. The molecule has 50 heavy (non-hydrogen) atoms. The molecule has 5 heterocycles. The first-order chi connectivity index (χ1) is 24.0. The first kappa shape index (κ1) is 34.8. The van der Waals surface area contributed by atoms with Crippen molar-refractivity contribution in [2.45, 2.75) is 63.5 Å². The van der Waals surface area contributed by atoms with Crippen molar-refractivity contribution < 1.29 is 12.8 Å². The normalized spacial score (nSPS) is 21.2. The number of benzene rings is 2. The maximum absolute atomic E-state index is 14.6. The number of hydrogen-bond donors (Lipinski definition) is 2. The van der Waals surface area contributed by atoms with Gasteiger partial charge in [0, 0.05) is 61.2 Å². The zero-order chi connectivity index (χ0) is 35.3. The molecule has 3 aliphatic rings. The van der Waals surface area contributed by atoms with Gasteiger partial charge >= 0.3 is 0 Å². The van der Waals surface area contributed by atoms with Gasteiger partial charge in [0.1, 0.15) is 17.6 Å². The summed E-state index contributed by atoms with van der Waals surface area (Å²) < 4.78 is 45.8. The number of anilines is 3. The fourth-order valence-corrected chi connectivity index (χ4v) is 9.72. The van der Waals surface area contributed by atoms with Crippen LogP contribution in [-0.4, -0.2) is 89.4 Å². The quantitative estimate of drug-likeness (QED) is 0.230. The molecule has 0 radical (unpaired) electrons. The number of hydrogen-bond acceptors (Lipinski definition) is 8. The van der Waals surface area contributed by atoms with Crippen LogP contribution in [0.25, 0.3) is 10.9 Å². The zero-order valence-electron chi connectivity index (χ0n) is 29.0. The second-order valence-electron chi connectivity index (χ2n) is 14.1. The van der Waals surface area contributed by atoms with Crippen molar-refractivity contribution in [3.05, 3.63) is 70.4 Å². The molecule has 0 spiro atoms. The molecular weight excluding hydrogens is 677 g/mol. The van der Waals surface area contributed by atoms with Crippen LogP contribution in [0.1, 0.15) is 43.0 Å². The van der Waals surface area contributed by atoms with E-state index in [1.807, 2.05) is 17.7 Å². The summed E-state index contributed by atoms with van der Waals surface area (Å²) >= 11 is 5.97. The molecular formula is C36H45ClFN9O2S. The fraction of sp³-hybridized carbons (Fsp3) is 0.500. The summed E-state index contributed by atoms with van der Waals surface area (Å²) in [5, 5.41) is 14.4. The summed E-state index contributed by atoms with van der Waals surface area (Å²) in [7, 11) is 0.188. The lowest BCUT2D eigenvalue weighted by Crippen LogP contribution is -2.46. The van der Waals surface area contributed by atoms with Crippen LogP contribution in [0.2, 0.25) is 5.02 Å². The van der Waals surface area contributed by atoms with Gasteiger partial charge in [-0.15, -0.1) is 0 Å². The van der Waals surface area contributed by atoms with E-state index in [2.05, 4.69) is 66.3 Å². The van der Waals surface area contributed by atoms with Crippen molar-refractivity contribution in [3.8, 4) is 6.07 Å². The van der Waals surface area contributed by atoms with Gasteiger partial charge in [-0.3, -0.25) is 9.80 Å². The third kappa shape index (κ3) is 6.48. The Hall–Kier alpha value is -3.67. The standard InChI is InChI=1S/C36H45ClFN9O2S/c1-23(44-13-10-29(11-14-44)50(48,49)40-3)18-47-28(17-39)16-30-24(2)25(5-8-33(30)47)19-45-12-9-26-20-46(21-34(26)45)36-35(41-22-43(36)4)42-32-7-6-27(37)15-31(32)38/h5-8,15-16,22-23,26,29,34,40,42H,9-14,18-21H2,1-4H3. The molecule has 3 fully saturated rings. The highest BCUT2D eigenvalue weighted by Crippen LogP contribution is 2.39. The Bertz CT molecular complexity index is 2050. The molecule has 4 aromatic rings. The molecule has 0 amide bonds. The topological polar surface area (TPSA) is 114 Å². The number of likely N-dealkylation sites (tertiary alicyclic amines) is 2. The van der Waals surface area contributed by atoms with Crippen molar-refractivity contribution in [1.29, 1.82) is 5.26 Å². The fourth-order valence-electron chi connectivity index (χ4n) is 8.40. The molecule has 2 aromatic heterocycles. The lowest BCUT2D eigenvalue weighted by molar-refractivity contribution is 0.161. The Labute approximate surface area is 298 Å². The molecule has 3 atom stereocenters. The van der Waals surface area contributed by atoms with Crippen LogP contribution in [0.5, 0.6) is 0 Å². The monoisotopic (exact) mass is 721 g/mol. The largest absolute Gasteiger partial charge is 0.353 e. The van der Waals surface area contributed by atoms with E-state index in [-0.39, 0.29) is 11.3 Å². The van der Waals surface area contributed by atoms with E-state index in [0.717, 1.165) is 49.3 Å². The second kappa shape index (κ2) is 13.8. The molecule has 3 unspecified atom stereocenters. The highest BCUT2D eigenvalue weighted by Gasteiger charge is 2.42. The van der Waals surface area contributed by atoms with Gasteiger partial charge < -0.3 is 19.4 Å². The van der Waals surface area contributed by atoms with Gasteiger partial charge in [0.25, 0.3) is 0 Å². The maximum Gasteiger partial charge on any atom is 0.214 e. The molecule has 11 nitrogen and oxygen atoms in total. The van der Waals surface area contributed by atoms with Gasteiger partial charge in [-0.05, 0) is 107 Å². The molecule has 2 N–H and O–H groups in total. The summed E-state index contributed by atoms with van der Waals surface area (Å²) in [4.78, 5) is 11.9. The number of imidazole rings is 1. The van der Waals surface area contributed by atoms with Gasteiger partial charge in [-0.25, -0.2) is 22.5 Å². The summed E-state index contributed by atoms with van der Waals surface area (Å²) in [5.74, 6) is 1.67. The molecule has 3 saturated heterocycles. The number of fused-ring (bicyclic) bond motifs is 2. The summed E-state index contributed by atoms with van der Waals surface area (Å²) in [6.45, 7) is 10.0. The Morgan fingerprint density at radius 2 is 1.90 bits per heavy atom. The van der Waals surface area contributed by atoms with Crippen molar-refractivity contribution >= 4 is 49.9 Å². The third-order valence-electron chi connectivity index (χ3n) is 11.3. The molecule has 0 bridgehead atoms. The van der Waals surface area contributed by atoms with E-state index in [1.54, 1.807) is 18.5 Å². The van der Waals surface area contributed by atoms with Gasteiger partial charge in [0.15, 0.2) is 11.6 Å². The minimum absolute atomic E-state index is 0.156. The predicted molar refractivity (Wildman–Crippen MR) is 196 cm³/mol. The Balaban J connectivity index is 1.04. The molecule has 7 rings (SSSR count). The predicted octanol–water partition coefficient (Wildman–Crippen LogP) is 5.20. The Morgan fingerprint density at radius 1 is 1.12 bits per heavy atom. The summed E-state index contributed by atoms with van der Waals surface area (Å²) in [5.41, 5.74) is 4.50. The van der Waals surface area contributed by atoms with Gasteiger partial charge in [0.2, 0.25) is 10.0 Å². The van der Waals surface area contributed by atoms with Crippen molar-refractivity contribution in [1.82, 2.24) is 28.6 Å². The lowest BCUT2D eigenvalue weighted by atomic mass is 10.0. The van der Waals surface area contributed by atoms with Crippen LogP contribution >= 0.6 is 11.6 Å². The van der Waals surface area contributed by atoms with Crippen molar-refractivity contribution in [2.75, 3.05) is 50.0 Å². The average molecular weight is 722 g/mol. The first-order valence-corrected chi connectivity index (χ1v) is 19.3. The lowest BCUT2D eigenvalue weighted by Gasteiger charge is -2.36. The number of halogens is 2. The van der Waals surface area contributed by atoms with E-state index < -0.39 is 15.8 Å². The number of nitriles is 1. The number of nitrogens with one attached hydrogen (secondary N) is 2. The summed E-state index contributed by atoms with van der Waals surface area (Å²) in [6, 6.07) is 14.0. The van der Waals surface area contributed by atoms with Crippen LogP contribution < -0.4 is 14.9 Å². The molecule has 0 saturated carbocycles. The van der Waals surface area contributed by atoms with Gasteiger partial charge in [-0.2, -0.15) is 5.26 Å². The van der Waals surface area contributed by atoms with Gasteiger partial charge in [-0.1, -0.05) is 17.7 Å². The first-order valence-electron chi connectivity index (χ1n) is 17.4. The zero-order valence-corrected chi connectivity index (χ0v) is 30.6. The Morgan fingerprint density at radius 3 is 2.62 bits per heavy atom. The number of nitrogens with zero attached hydrogens (tertiary/aromatic N) is 7. The van der Waals surface area contributed by atoms with E-state index in [9.17, 15) is 18.1 Å². The molecule has 0 aliphatic carbocycles. The Kier molecular flexibility index (Phi) is 9.60. The third-order valence-corrected chi connectivity index (χ3v) is 13.4. The highest BCUT2D eigenvalue weighted by atomic mass is 35.5.